The van der Waals surface area contributed by atoms with Crippen molar-refractivity contribution in [3.05, 3.63) is 35.6 Å². The molecule has 0 spiro atoms. The standard InChI is InChI=1S/C13H14FNO4/c1-13(6-11(16)17)8-19-12(18)15(13)7-9-4-2-3-5-10(9)14/h2-5H,6-8H2,1H3,(H,16,17). The third kappa shape index (κ3) is 2.67. The molecule has 0 radical (unpaired) electrons. The number of carbonyl (C=O) groups excluding carboxylic acids is 1. The molecule has 0 saturated carbocycles. The molecule has 1 heterocycles. The Balaban J connectivity index is 2.23. The average Bonchev–Trinajstić information content (AvgIpc) is 2.59. The summed E-state index contributed by atoms with van der Waals surface area (Å²) in [6.07, 6.45) is -0.861. The molecule has 1 atom stereocenters. The molecule has 1 N–H and O–H groups in total. The molecule has 1 fully saturated rings. The highest BCUT2D eigenvalue weighted by Crippen LogP contribution is 2.29. The summed E-state index contributed by atoms with van der Waals surface area (Å²) in [5, 5.41) is 8.90. The molecule has 102 valence electrons. The van der Waals surface area contributed by atoms with E-state index in [4.69, 9.17) is 9.84 Å². The Kier molecular flexibility index (Phi) is 3.42. The lowest BCUT2D eigenvalue weighted by Gasteiger charge is -2.30. The van der Waals surface area contributed by atoms with E-state index in [2.05, 4.69) is 0 Å². The zero-order chi connectivity index (χ0) is 14.0. The van der Waals surface area contributed by atoms with Crippen molar-refractivity contribution in [1.29, 1.82) is 0 Å². The van der Waals surface area contributed by atoms with Gasteiger partial charge in [-0.05, 0) is 13.0 Å². The Labute approximate surface area is 109 Å². The Hall–Kier alpha value is -2.11. The number of benzene rings is 1. The first-order valence-corrected chi connectivity index (χ1v) is 5.82. The molecule has 2 rings (SSSR count). The van der Waals surface area contributed by atoms with Crippen LogP contribution in [0.3, 0.4) is 0 Å². The van der Waals surface area contributed by atoms with E-state index < -0.39 is 23.4 Å². The van der Waals surface area contributed by atoms with Crippen LogP contribution in [0.15, 0.2) is 24.3 Å². The van der Waals surface area contributed by atoms with Gasteiger partial charge in [0.1, 0.15) is 12.4 Å². The number of hydrogen-bond acceptors (Lipinski definition) is 3. The van der Waals surface area contributed by atoms with Crippen molar-refractivity contribution < 1.29 is 23.8 Å². The van der Waals surface area contributed by atoms with Crippen molar-refractivity contribution in [3.63, 3.8) is 0 Å². The molecule has 5 nitrogen and oxygen atoms in total. The van der Waals surface area contributed by atoms with Gasteiger partial charge in [0.2, 0.25) is 0 Å². The van der Waals surface area contributed by atoms with E-state index in [1.54, 1.807) is 25.1 Å². The lowest BCUT2D eigenvalue weighted by molar-refractivity contribution is -0.139. The molecule has 0 aliphatic carbocycles. The number of carboxylic acid groups (broad SMARTS) is 1. The van der Waals surface area contributed by atoms with Crippen LogP contribution in [-0.4, -0.2) is 34.2 Å². The third-order valence-corrected chi connectivity index (χ3v) is 3.20. The van der Waals surface area contributed by atoms with E-state index in [0.29, 0.717) is 5.56 Å². The topological polar surface area (TPSA) is 66.8 Å². The molecule has 1 aliphatic heterocycles. The third-order valence-electron chi connectivity index (χ3n) is 3.20. The zero-order valence-corrected chi connectivity index (χ0v) is 10.4. The number of ether oxygens (including phenoxy) is 1. The first-order valence-electron chi connectivity index (χ1n) is 5.82. The van der Waals surface area contributed by atoms with Gasteiger partial charge >= 0.3 is 12.1 Å². The Bertz CT molecular complexity index is 519. The molecule has 0 bridgehead atoms. The lowest BCUT2D eigenvalue weighted by atomic mass is 9.97. The Morgan fingerprint density at radius 1 is 1.53 bits per heavy atom. The van der Waals surface area contributed by atoms with Crippen LogP contribution in [0.2, 0.25) is 0 Å². The summed E-state index contributed by atoms with van der Waals surface area (Å²) in [7, 11) is 0. The highest BCUT2D eigenvalue weighted by molar-refractivity contribution is 5.75. The molecular formula is C13H14FNO4. The van der Waals surface area contributed by atoms with E-state index >= 15 is 0 Å². The smallest absolute Gasteiger partial charge is 0.410 e. The number of rotatable bonds is 4. The van der Waals surface area contributed by atoms with E-state index in [0.717, 1.165) is 0 Å². The van der Waals surface area contributed by atoms with Gasteiger partial charge in [-0.25, -0.2) is 9.18 Å². The van der Waals surface area contributed by atoms with Crippen LogP contribution in [0.4, 0.5) is 9.18 Å². The first-order chi connectivity index (χ1) is 8.92. The normalized spacial score (nSPS) is 22.4. The van der Waals surface area contributed by atoms with Crippen LogP contribution in [0.25, 0.3) is 0 Å². The highest BCUT2D eigenvalue weighted by atomic mass is 19.1. The fourth-order valence-electron chi connectivity index (χ4n) is 2.12. The summed E-state index contributed by atoms with van der Waals surface area (Å²) in [5.74, 6) is -1.46. The maximum Gasteiger partial charge on any atom is 0.410 e. The van der Waals surface area contributed by atoms with E-state index in [9.17, 15) is 14.0 Å². The predicted octanol–water partition coefficient (Wildman–Crippen LogP) is 2.01. The van der Waals surface area contributed by atoms with Crippen molar-refractivity contribution in [2.24, 2.45) is 0 Å². The summed E-state index contributed by atoms with van der Waals surface area (Å²) in [4.78, 5) is 23.8. The molecule has 1 aromatic carbocycles. The van der Waals surface area contributed by atoms with Crippen LogP contribution in [-0.2, 0) is 16.1 Å². The van der Waals surface area contributed by atoms with Crippen molar-refractivity contribution >= 4 is 12.1 Å². The number of cyclic esters (lactones) is 1. The lowest BCUT2D eigenvalue weighted by Crippen LogP contribution is -2.45. The van der Waals surface area contributed by atoms with E-state index in [-0.39, 0.29) is 19.6 Å². The van der Waals surface area contributed by atoms with Gasteiger partial charge in [-0.1, -0.05) is 18.2 Å². The zero-order valence-electron chi connectivity index (χ0n) is 10.4. The molecule has 19 heavy (non-hydrogen) atoms. The Morgan fingerprint density at radius 3 is 2.84 bits per heavy atom. The fourth-order valence-corrected chi connectivity index (χ4v) is 2.12. The summed E-state index contributed by atoms with van der Waals surface area (Å²) in [6.45, 7) is 1.61. The van der Waals surface area contributed by atoms with Crippen molar-refractivity contribution in [3.8, 4) is 0 Å². The van der Waals surface area contributed by atoms with Gasteiger partial charge in [0, 0.05) is 5.56 Å². The first kappa shape index (κ1) is 13.3. The van der Waals surface area contributed by atoms with Crippen LogP contribution < -0.4 is 0 Å². The van der Waals surface area contributed by atoms with Gasteiger partial charge in [0.15, 0.2) is 0 Å². The molecule has 1 amide bonds. The molecule has 1 saturated heterocycles. The van der Waals surface area contributed by atoms with Crippen LogP contribution in [0.5, 0.6) is 0 Å². The average molecular weight is 267 g/mol. The SMILES string of the molecule is CC1(CC(=O)O)COC(=O)N1Cc1ccccc1F. The second-order valence-corrected chi connectivity index (χ2v) is 4.80. The van der Waals surface area contributed by atoms with Crippen molar-refractivity contribution in [2.45, 2.75) is 25.4 Å². The maximum atomic E-state index is 13.6. The molecule has 1 aliphatic rings. The number of carboxylic acids is 1. The largest absolute Gasteiger partial charge is 0.481 e. The summed E-state index contributed by atoms with van der Waals surface area (Å²) in [6, 6.07) is 6.07. The van der Waals surface area contributed by atoms with E-state index in [1.165, 1.54) is 11.0 Å². The second kappa shape index (κ2) is 4.87. The molecule has 1 unspecified atom stereocenters. The summed E-state index contributed by atoms with van der Waals surface area (Å²) in [5.41, 5.74) is -0.622. The van der Waals surface area contributed by atoms with Crippen LogP contribution >= 0.6 is 0 Å². The minimum absolute atomic E-state index is 0.00468. The summed E-state index contributed by atoms with van der Waals surface area (Å²) < 4.78 is 18.5. The predicted molar refractivity (Wildman–Crippen MR) is 63.9 cm³/mol. The number of nitrogens with zero attached hydrogens (tertiary/aromatic N) is 1. The van der Waals surface area contributed by atoms with Gasteiger partial charge in [-0.2, -0.15) is 0 Å². The van der Waals surface area contributed by atoms with Gasteiger partial charge in [-0.15, -0.1) is 0 Å². The molecule has 1 aromatic rings. The van der Waals surface area contributed by atoms with Gasteiger partial charge in [0.25, 0.3) is 0 Å². The minimum atomic E-state index is -1.03. The monoisotopic (exact) mass is 267 g/mol. The molecule has 0 aromatic heterocycles. The van der Waals surface area contributed by atoms with Gasteiger partial charge in [-0.3, -0.25) is 9.69 Å². The fraction of sp³-hybridized carbons (Fsp3) is 0.385. The number of hydrogen-bond donors (Lipinski definition) is 1. The highest BCUT2D eigenvalue weighted by Gasteiger charge is 2.45. The van der Waals surface area contributed by atoms with Crippen LogP contribution in [0, 0.1) is 5.82 Å². The maximum absolute atomic E-state index is 13.6. The number of aliphatic carboxylic acids is 1. The van der Waals surface area contributed by atoms with Crippen molar-refractivity contribution in [2.75, 3.05) is 6.61 Å². The Morgan fingerprint density at radius 2 is 2.21 bits per heavy atom. The minimum Gasteiger partial charge on any atom is -0.481 e. The number of halogens is 1. The van der Waals surface area contributed by atoms with Crippen molar-refractivity contribution in [1.82, 2.24) is 4.90 Å². The molecule has 6 heteroatoms. The number of carbonyl (C=O) groups is 2. The number of amides is 1. The van der Waals surface area contributed by atoms with E-state index in [1.807, 2.05) is 0 Å². The summed E-state index contributed by atoms with van der Waals surface area (Å²) >= 11 is 0. The van der Waals surface area contributed by atoms with Gasteiger partial charge < -0.3 is 9.84 Å². The van der Waals surface area contributed by atoms with Crippen LogP contribution in [0.1, 0.15) is 18.9 Å². The van der Waals surface area contributed by atoms with Gasteiger partial charge in [0.05, 0.1) is 18.5 Å². The molecular weight excluding hydrogens is 253 g/mol. The quantitative estimate of drug-likeness (QED) is 0.906. The second-order valence-electron chi connectivity index (χ2n) is 4.80.